The molecule has 18 heavy (non-hydrogen) atoms. The van der Waals surface area contributed by atoms with Crippen LogP contribution in [0.5, 0.6) is 0 Å². The van der Waals surface area contributed by atoms with Gasteiger partial charge in [-0.05, 0) is 26.0 Å². The van der Waals surface area contributed by atoms with Crippen LogP contribution in [0.15, 0.2) is 34.5 Å². The van der Waals surface area contributed by atoms with E-state index in [4.69, 9.17) is 5.26 Å². The summed E-state index contributed by atoms with van der Waals surface area (Å²) in [5, 5.41) is 18.1. The van der Waals surface area contributed by atoms with E-state index in [0.29, 0.717) is 0 Å². The zero-order valence-electron chi connectivity index (χ0n) is 9.94. The van der Waals surface area contributed by atoms with Crippen molar-refractivity contribution in [2.24, 2.45) is 4.99 Å². The number of hydrogen-bond donors (Lipinski definition) is 1. The summed E-state index contributed by atoms with van der Waals surface area (Å²) in [4.78, 5) is 15.0. The molecule has 0 aromatic heterocycles. The van der Waals surface area contributed by atoms with Crippen molar-refractivity contribution in [1.29, 1.82) is 5.26 Å². The highest BCUT2D eigenvalue weighted by molar-refractivity contribution is 6.13. The van der Waals surface area contributed by atoms with Crippen molar-refractivity contribution in [1.82, 2.24) is 0 Å². The van der Waals surface area contributed by atoms with E-state index in [-0.39, 0.29) is 28.4 Å². The first kappa shape index (κ1) is 13.6. The molecular formula is C13H11FN2O2. The number of carbonyl (C=O) groups is 1. The van der Waals surface area contributed by atoms with Gasteiger partial charge in [-0.3, -0.25) is 9.79 Å². The first-order valence-corrected chi connectivity index (χ1v) is 5.10. The molecule has 1 N–H and O–H groups in total. The fourth-order valence-corrected chi connectivity index (χ4v) is 1.30. The highest BCUT2D eigenvalue weighted by atomic mass is 19.1. The second-order valence-electron chi connectivity index (χ2n) is 3.56. The molecule has 0 fully saturated rings. The van der Waals surface area contributed by atoms with Crippen LogP contribution >= 0.6 is 0 Å². The van der Waals surface area contributed by atoms with Gasteiger partial charge in [-0.1, -0.05) is 6.07 Å². The van der Waals surface area contributed by atoms with Crippen LogP contribution in [-0.2, 0) is 4.79 Å². The van der Waals surface area contributed by atoms with Gasteiger partial charge in [0.1, 0.15) is 23.2 Å². The second kappa shape index (κ2) is 5.73. The molecule has 0 heterocycles. The molecule has 1 aromatic rings. The van der Waals surface area contributed by atoms with Gasteiger partial charge in [-0.15, -0.1) is 0 Å². The van der Waals surface area contributed by atoms with E-state index in [2.05, 4.69) is 4.99 Å². The number of ketones is 1. The van der Waals surface area contributed by atoms with E-state index >= 15 is 0 Å². The number of Topliss-reactive ketones (excluding diaryl/α,β-unsaturated/α-hetero) is 1. The molecule has 0 aliphatic rings. The zero-order chi connectivity index (χ0) is 13.7. The lowest BCUT2D eigenvalue weighted by molar-refractivity contribution is -0.113. The van der Waals surface area contributed by atoms with Crippen molar-refractivity contribution in [3.63, 3.8) is 0 Å². The van der Waals surface area contributed by atoms with E-state index in [1.54, 1.807) is 6.07 Å². The highest BCUT2D eigenvalue weighted by Crippen LogP contribution is 2.21. The third-order valence-electron chi connectivity index (χ3n) is 2.21. The Morgan fingerprint density at radius 2 is 2.17 bits per heavy atom. The van der Waals surface area contributed by atoms with Gasteiger partial charge >= 0.3 is 0 Å². The van der Waals surface area contributed by atoms with E-state index in [0.717, 1.165) is 12.3 Å². The molecular weight excluding hydrogens is 235 g/mol. The number of halogens is 1. The SMILES string of the molecule is CC(=O)C(C=Nc1cccc(F)c1C#N)=C(C)O. The van der Waals surface area contributed by atoms with E-state index in [1.165, 1.54) is 26.0 Å². The van der Waals surface area contributed by atoms with E-state index in [1.807, 2.05) is 0 Å². The molecule has 0 aliphatic heterocycles. The van der Waals surface area contributed by atoms with Gasteiger partial charge in [0.05, 0.1) is 11.3 Å². The number of aliphatic hydroxyl groups is 1. The summed E-state index contributed by atoms with van der Waals surface area (Å²) in [5.41, 5.74) is -0.0760. The fraction of sp³-hybridized carbons (Fsp3) is 0.154. The maximum absolute atomic E-state index is 13.3. The van der Waals surface area contributed by atoms with Crippen LogP contribution in [-0.4, -0.2) is 17.1 Å². The molecule has 0 radical (unpaired) electrons. The molecule has 4 nitrogen and oxygen atoms in total. The smallest absolute Gasteiger partial charge is 0.164 e. The van der Waals surface area contributed by atoms with Crippen molar-refractivity contribution in [2.75, 3.05) is 0 Å². The van der Waals surface area contributed by atoms with Crippen LogP contribution in [0.2, 0.25) is 0 Å². The monoisotopic (exact) mass is 246 g/mol. The number of hydrogen-bond acceptors (Lipinski definition) is 4. The lowest BCUT2D eigenvalue weighted by atomic mass is 10.1. The number of nitrogens with zero attached hydrogens (tertiary/aromatic N) is 2. The van der Waals surface area contributed by atoms with Crippen LogP contribution in [0.1, 0.15) is 19.4 Å². The van der Waals surface area contributed by atoms with Gasteiger partial charge in [0, 0.05) is 6.21 Å². The van der Waals surface area contributed by atoms with Crippen LogP contribution in [0, 0.1) is 17.1 Å². The summed E-state index contributed by atoms with van der Waals surface area (Å²) in [6, 6.07) is 5.70. The molecule has 1 rings (SSSR count). The second-order valence-corrected chi connectivity index (χ2v) is 3.56. The highest BCUT2D eigenvalue weighted by Gasteiger charge is 2.08. The van der Waals surface area contributed by atoms with Gasteiger partial charge in [0.25, 0.3) is 0 Å². The maximum Gasteiger partial charge on any atom is 0.164 e. The third-order valence-corrected chi connectivity index (χ3v) is 2.21. The standard InChI is InChI=1S/C13H11FN2O2/c1-8(17)11(9(2)18)7-16-13-5-3-4-12(14)10(13)6-15/h3-5,7,17H,1-2H3. The number of benzene rings is 1. The molecule has 0 saturated carbocycles. The Kier molecular flexibility index (Phi) is 4.33. The summed E-state index contributed by atoms with van der Waals surface area (Å²) in [7, 11) is 0. The van der Waals surface area contributed by atoms with Crippen LogP contribution in [0.4, 0.5) is 10.1 Å². The van der Waals surface area contributed by atoms with E-state index < -0.39 is 5.82 Å². The van der Waals surface area contributed by atoms with Crippen molar-refractivity contribution in [3.8, 4) is 6.07 Å². The number of nitriles is 1. The summed E-state index contributed by atoms with van der Waals surface area (Å²) in [6.07, 6.45) is 1.12. The molecule has 1 aromatic carbocycles. The van der Waals surface area contributed by atoms with Crippen molar-refractivity contribution in [3.05, 3.63) is 40.9 Å². The molecule has 0 saturated heterocycles. The molecule has 0 spiro atoms. The Labute approximate surface area is 104 Å². The Bertz CT molecular complexity index is 579. The van der Waals surface area contributed by atoms with Crippen molar-refractivity contribution in [2.45, 2.75) is 13.8 Å². The molecule has 0 amide bonds. The topological polar surface area (TPSA) is 73.5 Å². The molecule has 0 bridgehead atoms. The lowest BCUT2D eigenvalue weighted by Crippen LogP contribution is -2.01. The largest absolute Gasteiger partial charge is 0.512 e. The molecule has 0 aliphatic carbocycles. The van der Waals surface area contributed by atoms with Gasteiger partial charge < -0.3 is 5.11 Å². The lowest BCUT2D eigenvalue weighted by Gasteiger charge is -2.00. The molecule has 0 atom stereocenters. The zero-order valence-corrected chi connectivity index (χ0v) is 9.94. The quantitative estimate of drug-likeness (QED) is 0.506. The Morgan fingerprint density at radius 1 is 1.50 bits per heavy atom. The number of allylic oxidation sites excluding steroid dienone is 2. The Morgan fingerprint density at radius 3 is 2.67 bits per heavy atom. The summed E-state index contributed by atoms with van der Waals surface area (Å²) >= 11 is 0. The fourth-order valence-electron chi connectivity index (χ4n) is 1.30. The first-order chi connectivity index (χ1) is 8.47. The number of aliphatic hydroxyl groups excluding tert-OH is 1. The average molecular weight is 246 g/mol. The Hall–Kier alpha value is -2.48. The number of rotatable bonds is 3. The van der Waals surface area contributed by atoms with Gasteiger partial charge in [-0.25, -0.2) is 4.39 Å². The maximum atomic E-state index is 13.3. The van der Waals surface area contributed by atoms with Crippen LogP contribution < -0.4 is 0 Å². The van der Waals surface area contributed by atoms with Crippen molar-refractivity contribution < 1.29 is 14.3 Å². The average Bonchev–Trinajstić information content (AvgIpc) is 2.28. The van der Waals surface area contributed by atoms with Crippen LogP contribution in [0.25, 0.3) is 0 Å². The summed E-state index contributed by atoms with van der Waals surface area (Å²) < 4.78 is 13.3. The summed E-state index contributed by atoms with van der Waals surface area (Å²) in [5.74, 6) is -1.23. The molecule has 5 heteroatoms. The molecule has 92 valence electrons. The molecule has 0 unspecified atom stereocenters. The van der Waals surface area contributed by atoms with Gasteiger partial charge in [0.15, 0.2) is 5.78 Å². The minimum Gasteiger partial charge on any atom is -0.512 e. The van der Waals surface area contributed by atoms with Crippen LogP contribution in [0.3, 0.4) is 0 Å². The first-order valence-electron chi connectivity index (χ1n) is 5.10. The van der Waals surface area contributed by atoms with Crippen molar-refractivity contribution >= 4 is 17.7 Å². The minimum atomic E-state index is -0.679. The van der Waals surface area contributed by atoms with Gasteiger partial charge in [-0.2, -0.15) is 5.26 Å². The predicted octanol–water partition coefficient (Wildman–Crippen LogP) is 2.82. The minimum absolute atomic E-state index is 0.0168. The van der Waals surface area contributed by atoms with Gasteiger partial charge in [0.2, 0.25) is 0 Å². The summed E-state index contributed by atoms with van der Waals surface area (Å²) in [6.45, 7) is 2.62. The number of aliphatic imine (C=N–C) groups is 1. The predicted molar refractivity (Wildman–Crippen MR) is 65.3 cm³/mol. The Balaban J connectivity index is 3.21. The van der Waals surface area contributed by atoms with E-state index in [9.17, 15) is 14.3 Å². The normalized spacial score (nSPS) is 12.1. The number of carbonyl (C=O) groups excluding carboxylic acids is 1. The third kappa shape index (κ3) is 3.01.